The van der Waals surface area contributed by atoms with Gasteiger partial charge in [0.05, 0.1) is 32.0 Å². The van der Waals surface area contributed by atoms with E-state index in [-0.39, 0.29) is 12.5 Å². The van der Waals surface area contributed by atoms with E-state index >= 15 is 0 Å². The molecule has 14 nitrogen and oxygen atoms in total. The van der Waals surface area contributed by atoms with E-state index in [2.05, 4.69) is 31.3 Å². The molecule has 0 spiro atoms. The minimum atomic E-state index is -1.78. The minimum absolute atomic E-state index is 0.213. The van der Waals surface area contributed by atoms with Gasteiger partial charge in [-0.2, -0.15) is 0 Å². The summed E-state index contributed by atoms with van der Waals surface area (Å²) in [6, 6.07) is -0.830. The van der Waals surface area contributed by atoms with Gasteiger partial charge in [0.2, 0.25) is 5.91 Å². The number of ether oxygens (including phenoxy) is 4. The lowest BCUT2D eigenvalue weighted by Crippen LogP contribution is -2.65. The van der Waals surface area contributed by atoms with E-state index in [4.69, 9.17) is 18.9 Å². The first-order chi connectivity index (χ1) is 36.1. The van der Waals surface area contributed by atoms with Crippen molar-refractivity contribution in [1.29, 1.82) is 0 Å². The monoisotopic (exact) mass is 1060 g/mol. The van der Waals surface area contributed by atoms with Crippen molar-refractivity contribution in [2.75, 3.05) is 19.8 Å². The first-order valence-electron chi connectivity index (χ1n) is 30.9. The molecule has 2 heterocycles. The van der Waals surface area contributed by atoms with E-state index in [0.29, 0.717) is 19.3 Å². The lowest BCUT2D eigenvalue weighted by atomic mass is 9.97. The maximum Gasteiger partial charge on any atom is 0.220 e. The molecule has 14 heteroatoms. The Bertz CT molecular complexity index is 1290. The summed E-state index contributed by atoms with van der Waals surface area (Å²) in [6.45, 7) is 2.86. The molecule has 2 saturated heterocycles. The molecule has 0 aromatic heterocycles. The fourth-order valence-corrected chi connectivity index (χ4v) is 10.5. The Hall–Kier alpha value is -1.27. The van der Waals surface area contributed by atoms with Gasteiger partial charge in [0, 0.05) is 6.42 Å². The van der Waals surface area contributed by atoms with Gasteiger partial charge < -0.3 is 65.1 Å². The summed E-state index contributed by atoms with van der Waals surface area (Å²) in [5.74, 6) is -0.213. The lowest BCUT2D eigenvalue weighted by Gasteiger charge is -2.46. The molecule has 0 aromatic rings. The number of hydrogen-bond donors (Lipinski definition) is 9. The van der Waals surface area contributed by atoms with E-state index in [1.54, 1.807) is 0 Å². The van der Waals surface area contributed by atoms with Crippen molar-refractivity contribution < 1.29 is 64.6 Å². The molecule has 438 valence electrons. The van der Waals surface area contributed by atoms with Crippen LogP contribution in [0.1, 0.15) is 271 Å². The smallest absolute Gasteiger partial charge is 0.220 e. The lowest BCUT2D eigenvalue weighted by molar-refractivity contribution is -0.359. The average molecular weight is 1060 g/mol. The molecule has 0 bridgehead atoms. The summed E-state index contributed by atoms with van der Waals surface area (Å²) >= 11 is 0. The van der Waals surface area contributed by atoms with Gasteiger partial charge in [-0.3, -0.25) is 4.79 Å². The average Bonchev–Trinajstić information content (AvgIpc) is 3.40. The van der Waals surface area contributed by atoms with Gasteiger partial charge in [0.25, 0.3) is 0 Å². The molecular formula is C60H115NO13. The Labute approximate surface area is 450 Å². The van der Waals surface area contributed by atoms with Crippen LogP contribution in [0.4, 0.5) is 0 Å². The van der Waals surface area contributed by atoms with Gasteiger partial charge in [-0.1, -0.05) is 238 Å². The molecule has 12 unspecified atom stereocenters. The van der Waals surface area contributed by atoms with Crippen LogP contribution in [0.3, 0.4) is 0 Å². The van der Waals surface area contributed by atoms with Crippen molar-refractivity contribution in [2.24, 2.45) is 0 Å². The molecule has 1 amide bonds. The quantitative estimate of drug-likeness (QED) is 0.0204. The second-order valence-corrected chi connectivity index (χ2v) is 22.2. The number of nitrogens with one attached hydrogen (secondary N) is 1. The summed E-state index contributed by atoms with van der Waals surface area (Å²) in [6.07, 6.45) is 36.6. The summed E-state index contributed by atoms with van der Waals surface area (Å²) in [7, 11) is 0. The second-order valence-electron chi connectivity index (χ2n) is 22.2. The van der Waals surface area contributed by atoms with Gasteiger partial charge in [-0.05, 0) is 38.5 Å². The van der Waals surface area contributed by atoms with Crippen LogP contribution < -0.4 is 5.32 Å². The van der Waals surface area contributed by atoms with Crippen molar-refractivity contribution in [2.45, 2.75) is 344 Å². The Balaban J connectivity index is 1.69. The Morgan fingerprint density at radius 3 is 1.30 bits per heavy atom. The number of hydrogen-bond acceptors (Lipinski definition) is 13. The number of carbonyl (C=O) groups excluding carboxylic acids is 1. The number of rotatable bonds is 50. The molecule has 74 heavy (non-hydrogen) atoms. The maximum absolute atomic E-state index is 13.2. The van der Waals surface area contributed by atoms with E-state index in [0.717, 1.165) is 64.2 Å². The topological polar surface area (TPSA) is 228 Å². The third-order valence-electron chi connectivity index (χ3n) is 15.5. The van der Waals surface area contributed by atoms with E-state index in [1.165, 1.54) is 173 Å². The van der Waals surface area contributed by atoms with Crippen LogP contribution in [0.25, 0.3) is 0 Å². The highest BCUT2D eigenvalue weighted by Gasteiger charge is 2.51. The predicted octanol–water partition coefficient (Wildman–Crippen LogP) is 10.7. The summed E-state index contributed by atoms with van der Waals surface area (Å²) in [5.41, 5.74) is 0. The third kappa shape index (κ3) is 32.0. The van der Waals surface area contributed by atoms with Crippen molar-refractivity contribution in [1.82, 2.24) is 5.32 Å². The fourth-order valence-electron chi connectivity index (χ4n) is 10.5. The zero-order valence-corrected chi connectivity index (χ0v) is 47.1. The van der Waals surface area contributed by atoms with Crippen LogP contribution in [-0.4, -0.2) is 140 Å². The minimum Gasteiger partial charge on any atom is -0.394 e. The number of unbranched alkanes of at least 4 members (excludes halogenated alkanes) is 35. The van der Waals surface area contributed by atoms with Crippen molar-refractivity contribution in [3.05, 3.63) is 12.2 Å². The SMILES string of the molecule is CCCCCC/C=C\CCCCCCCC(=O)NC(COC1OC(CO)C(OC2OC(CO)C(O)C(O)C2O)C(O)C1O)C(O)CCCCCCCCCCCCCCCCCCCCCCCCCCCCC. The molecule has 2 aliphatic heterocycles. The Morgan fingerprint density at radius 1 is 0.473 bits per heavy atom. The molecule has 2 rings (SSSR count). The van der Waals surface area contributed by atoms with Crippen LogP contribution >= 0.6 is 0 Å². The summed E-state index contributed by atoms with van der Waals surface area (Å²) < 4.78 is 22.8. The Kier molecular flexibility index (Phi) is 43.4. The molecular weight excluding hydrogens is 943 g/mol. The van der Waals surface area contributed by atoms with Crippen LogP contribution in [0.15, 0.2) is 12.2 Å². The van der Waals surface area contributed by atoms with Crippen molar-refractivity contribution in [3.8, 4) is 0 Å². The number of aliphatic hydroxyl groups is 8. The van der Waals surface area contributed by atoms with E-state index < -0.39 is 86.8 Å². The maximum atomic E-state index is 13.2. The van der Waals surface area contributed by atoms with Gasteiger partial charge in [0.1, 0.15) is 48.8 Å². The summed E-state index contributed by atoms with van der Waals surface area (Å²) in [4.78, 5) is 13.2. The molecule has 0 aromatic carbocycles. The molecule has 2 fully saturated rings. The first-order valence-corrected chi connectivity index (χ1v) is 30.9. The van der Waals surface area contributed by atoms with Crippen molar-refractivity contribution in [3.63, 3.8) is 0 Å². The number of allylic oxidation sites excluding steroid dienone is 2. The summed E-state index contributed by atoms with van der Waals surface area (Å²) in [5, 5.41) is 87.2. The zero-order valence-electron chi connectivity index (χ0n) is 47.1. The van der Waals surface area contributed by atoms with Gasteiger partial charge in [0.15, 0.2) is 12.6 Å². The normalized spacial score (nSPS) is 25.2. The molecule has 2 aliphatic rings. The molecule has 0 saturated carbocycles. The molecule has 0 aliphatic carbocycles. The van der Waals surface area contributed by atoms with E-state index in [1.807, 2.05) is 0 Å². The molecule has 0 radical (unpaired) electrons. The van der Waals surface area contributed by atoms with Gasteiger partial charge >= 0.3 is 0 Å². The first kappa shape index (κ1) is 68.8. The van der Waals surface area contributed by atoms with Crippen molar-refractivity contribution >= 4 is 5.91 Å². The fraction of sp³-hybridized carbons (Fsp3) is 0.950. The van der Waals surface area contributed by atoms with Gasteiger partial charge in [-0.15, -0.1) is 0 Å². The Morgan fingerprint density at radius 2 is 0.851 bits per heavy atom. The highest BCUT2D eigenvalue weighted by atomic mass is 16.7. The van der Waals surface area contributed by atoms with Crippen LogP contribution in [0.5, 0.6) is 0 Å². The highest BCUT2D eigenvalue weighted by molar-refractivity contribution is 5.76. The predicted molar refractivity (Wildman–Crippen MR) is 295 cm³/mol. The third-order valence-corrected chi connectivity index (χ3v) is 15.5. The standard InChI is InChI=1S/C60H115NO13/c1-3-5-7-9-11-13-15-17-18-19-20-21-22-23-24-25-26-27-28-29-30-32-33-35-37-39-41-43-49(64)48(61-52(65)44-42-40-38-36-34-31-16-14-12-10-8-6-4-2)47-71-59-57(70)55(68)58(51(46-63)73-59)74-60-56(69)54(67)53(66)50(45-62)72-60/h14,16,48-51,53-60,62-64,66-70H,3-13,15,17-47H2,1-2H3,(H,61,65)/b16-14-. The van der Waals surface area contributed by atoms with E-state index in [9.17, 15) is 45.6 Å². The van der Waals surface area contributed by atoms with Crippen LogP contribution in [0.2, 0.25) is 0 Å². The molecule has 9 N–H and O–H groups in total. The highest BCUT2D eigenvalue weighted by Crippen LogP contribution is 2.30. The molecule has 12 atom stereocenters. The number of carbonyl (C=O) groups is 1. The van der Waals surface area contributed by atoms with Gasteiger partial charge in [-0.25, -0.2) is 0 Å². The second kappa shape index (κ2) is 46.6. The largest absolute Gasteiger partial charge is 0.394 e. The number of aliphatic hydroxyl groups excluding tert-OH is 8. The number of amides is 1. The van der Waals surface area contributed by atoms with Crippen LogP contribution in [-0.2, 0) is 23.7 Å². The zero-order chi connectivity index (χ0) is 53.9. The van der Waals surface area contributed by atoms with Crippen LogP contribution in [0, 0.1) is 0 Å².